The second-order valence-corrected chi connectivity index (χ2v) is 3.75. The first kappa shape index (κ1) is 11.9. The van der Waals surface area contributed by atoms with E-state index >= 15 is 0 Å². The van der Waals surface area contributed by atoms with Gasteiger partial charge < -0.3 is 9.67 Å². The molecule has 1 aromatic rings. The van der Waals surface area contributed by atoms with Crippen molar-refractivity contribution in [1.29, 1.82) is 0 Å². The molecule has 4 nitrogen and oxygen atoms in total. The Bertz CT molecular complexity index is 329. The molecule has 0 spiro atoms. The fourth-order valence-corrected chi connectivity index (χ4v) is 1.68. The molecule has 1 rings (SSSR count). The lowest BCUT2D eigenvalue weighted by Crippen LogP contribution is -2.30. The summed E-state index contributed by atoms with van der Waals surface area (Å²) >= 11 is 0. The molecule has 0 fully saturated rings. The van der Waals surface area contributed by atoms with Gasteiger partial charge >= 0.3 is 0 Å². The van der Waals surface area contributed by atoms with E-state index in [0.29, 0.717) is 5.82 Å². The Kier molecular flexibility index (Phi) is 4.03. The molecule has 0 aromatic carbocycles. The van der Waals surface area contributed by atoms with Gasteiger partial charge in [0.05, 0.1) is 0 Å². The van der Waals surface area contributed by atoms with Crippen molar-refractivity contribution in [3.63, 3.8) is 0 Å². The summed E-state index contributed by atoms with van der Waals surface area (Å²) in [7, 11) is 1.75. The molecule has 0 aliphatic heterocycles. The van der Waals surface area contributed by atoms with E-state index in [2.05, 4.69) is 4.98 Å². The van der Waals surface area contributed by atoms with Crippen LogP contribution in [0.3, 0.4) is 0 Å². The Morgan fingerprint density at radius 1 is 1.53 bits per heavy atom. The zero-order chi connectivity index (χ0) is 11.4. The second kappa shape index (κ2) is 5.07. The van der Waals surface area contributed by atoms with Crippen LogP contribution in [0.1, 0.15) is 37.3 Å². The SMILES string of the molecule is CCC(CC)C(O)C(=O)c1nccn1C. The van der Waals surface area contributed by atoms with Gasteiger partial charge in [0.15, 0.2) is 5.82 Å². The minimum atomic E-state index is -0.930. The third-order valence-corrected chi connectivity index (χ3v) is 2.81. The van der Waals surface area contributed by atoms with Crippen LogP contribution in [0.4, 0.5) is 0 Å². The highest BCUT2D eigenvalue weighted by Crippen LogP contribution is 2.16. The van der Waals surface area contributed by atoms with Crippen molar-refractivity contribution in [3.05, 3.63) is 18.2 Å². The van der Waals surface area contributed by atoms with Crippen molar-refractivity contribution in [3.8, 4) is 0 Å². The largest absolute Gasteiger partial charge is 0.385 e. The molecule has 84 valence electrons. The second-order valence-electron chi connectivity index (χ2n) is 3.75. The predicted molar refractivity (Wildman–Crippen MR) is 57.6 cm³/mol. The molecule has 1 heterocycles. The number of hydrogen-bond acceptors (Lipinski definition) is 3. The topological polar surface area (TPSA) is 55.1 Å². The minimum absolute atomic E-state index is 0.0224. The van der Waals surface area contributed by atoms with Gasteiger partial charge in [-0.1, -0.05) is 26.7 Å². The average Bonchev–Trinajstić information content (AvgIpc) is 2.65. The van der Waals surface area contributed by atoms with Gasteiger partial charge in [0.2, 0.25) is 5.78 Å². The molecule has 1 atom stereocenters. The van der Waals surface area contributed by atoms with E-state index in [0.717, 1.165) is 12.8 Å². The number of rotatable bonds is 5. The third-order valence-electron chi connectivity index (χ3n) is 2.81. The summed E-state index contributed by atoms with van der Waals surface area (Å²) in [6, 6.07) is 0. The summed E-state index contributed by atoms with van der Waals surface area (Å²) < 4.78 is 1.63. The number of aromatic nitrogens is 2. The summed E-state index contributed by atoms with van der Waals surface area (Å²) in [5.41, 5.74) is 0. The highest BCUT2D eigenvalue weighted by Gasteiger charge is 2.26. The fourth-order valence-electron chi connectivity index (χ4n) is 1.68. The first-order valence-corrected chi connectivity index (χ1v) is 5.31. The molecule has 0 aliphatic carbocycles. The molecule has 1 unspecified atom stereocenters. The van der Waals surface area contributed by atoms with E-state index in [1.54, 1.807) is 24.0 Å². The van der Waals surface area contributed by atoms with Crippen LogP contribution in [-0.2, 0) is 7.05 Å². The van der Waals surface area contributed by atoms with Gasteiger partial charge in [-0.25, -0.2) is 4.98 Å². The van der Waals surface area contributed by atoms with Crippen molar-refractivity contribution >= 4 is 5.78 Å². The van der Waals surface area contributed by atoms with Gasteiger partial charge in [0.1, 0.15) is 6.10 Å². The van der Waals surface area contributed by atoms with E-state index in [-0.39, 0.29) is 11.7 Å². The molecule has 0 aliphatic rings. The van der Waals surface area contributed by atoms with Crippen LogP contribution in [0.15, 0.2) is 12.4 Å². The lowest BCUT2D eigenvalue weighted by molar-refractivity contribution is 0.0573. The molecule has 1 aromatic heterocycles. The monoisotopic (exact) mass is 210 g/mol. The van der Waals surface area contributed by atoms with Crippen LogP contribution in [0.5, 0.6) is 0 Å². The van der Waals surface area contributed by atoms with Crippen LogP contribution in [0.2, 0.25) is 0 Å². The zero-order valence-electron chi connectivity index (χ0n) is 9.47. The zero-order valence-corrected chi connectivity index (χ0v) is 9.47. The van der Waals surface area contributed by atoms with E-state index < -0.39 is 6.10 Å². The van der Waals surface area contributed by atoms with Crippen LogP contribution >= 0.6 is 0 Å². The van der Waals surface area contributed by atoms with Crippen molar-refractivity contribution in [2.75, 3.05) is 0 Å². The molecule has 0 saturated carbocycles. The molecule has 1 N–H and O–H groups in total. The van der Waals surface area contributed by atoms with Crippen LogP contribution in [-0.4, -0.2) is 26.5 Å². The maximum Gasteiger partial charge on any atom is 0.226 e. The summed E-state index contributed by atoms with van der Waals surface area (Å²) in [6.07, 6.45) is 3.93. The number of carbonyl (C=O) groups is 1. The Morgan fingerprint density at radius 2 is 2.13 bits per heavy atom. The quantitative estimate of drug-likeness (QED) is 0.747. The first-order valence-electron chi connectivity index (χ1n) is 5.31. The van der Waals surface area contributed by atoms with Crippen LogP contribution in [0, 0.1) is 5.92 Å². The summed E-state index contributed by atoms with van der Waals surface area (Å²) in [5.74, 6) is 0.0693. The van der Waals surface area contributed by atoms with E-state index in [4.69, 9.17) is 0 Å². The molecule has 0 bridgehead atoms. The Labute approximate surface area is 89.9 Å². The number of ketones is 1. The maximum absolute atomic E-state index is 11.9. The van der Waals surface area contributed by atoms with E-state index in [1.807, 2.05) is 13.8 Å². The van der Waals surface area contributed by atoms with Crippen molar-refractivity contribution in [2.24, 2.45) is 13.0 Å². The minimum Gasteiger partial charge on any atom is -0.385 e. The van der Waals surface area contributed by atoms with Crippen molar-refractivity contribution in [2.45, 2.75) is 32.8 Å². The highest BCUT2D eigenvalue weighted by atomic mass is 16.3. The van der Waals surface area contributed by atoms with Gasteiger partial charge in [0.25, 0.3) is 0 Å². The lowest BCUT2D eigenvalue weighted by Gasteiger charge is -2.18. The number of Topliss-reactive ketones (excluding diaryl/α,β-unsaturated/α-hetero) is 1. The number of imidazole rings is 1. The number of hydrogen-bond donors (Lipinski definition) is 1. The predicted octanol–water partition coefficient (Wildman–Crippen LogP) is 1.40. The van der Waals surface area contributed by atoms with Crippen molar-refractivity contribution in [1.82, 2.24) is 9.55 Å². The molecule has 15 heavy (non-hydrogen) atoms. The average molecular weight is 210 g/mol. The van der Waals surface area contributed by atoms with E-state index in [9.17, 15) is 9.90 Å². The van der Waals surface area contributed by atoms with Crippen LogP contribution < -0.4 is 0 Å². The van der Waals surface area contributed by atoms with Gasteiger partial charge in [-0.15, -0.1) is 0 Å². The summed E-state index contributed by atoms with van der Waals surface area (Å²) in [6.45, 7) is 3.95. The Morgan fingerprint density at radius 3 is 2.53 bits per heavy atom. The van der Waals surface area contributed by atoms with E-state index in [1.165, 1.54) is 0 Å². The smallest absolute Gasteiger partial charge is 0.226 e. The third kappa shape index (κ3) is 2.45. The number of aliphatic hydroxyl groups is 1. The molecule has 0 saturated heterocycles. The van der Waals surface area contributed by atoms with Gasteiger partial charge in [-0.2, -0.15) is 0 Å². The standard InChI is InChI=1S/C11H18N2O2/c1-4-8(5-2)9(14)10(15)11-12-6-7-13(11)3/h6-9,14H,4-5H2,1-3H3. The number of aryl methyl sites for hydroxylation is 1. The molecule has 0 radical (unpaired) electrons. The highest BCUT2D eigenvalue weighted by molar-refractivity contribution is 5.96. The Hall–Kier alpha value is -1.16. The lowest BCUT2D eigenvalue weighted by atomic mass is 9.93. The van der Waals surface area contributed by atoms with Gasteiger partial charge in [-0.05, 0) is 5.92 Å². The molecule has 0 amide bonds. The molecular weight excluding hydrogens is 192 g/mol. The van der Waals surface area contributed by atoms with Gasteiger partial charge in [0, 0.05) is 19.4 Å². The fraction of sp³-hybridized carbons (Fsp3) is 0.636. The number of aliphatic hydroxyl groups excluding tert-OH is 1. The summed E-state index contributed by atoms with van der Waals surface area (Å²) in [5, 5.41) is 9.87. The molecule has 4 heteroatoms. The Balaban J connectivity index is 2.81. The van der Waals surface area contributed by atoms with Crippen molar-refractivity contribution < 1.29 is 9.90 Å². The summed E-state index contributed by atoms with van der Waals surface area (Å²) in [4.78, 5) is 15.8. The van der Waals surface area contributed by atoms with Gasteiger partial charge in [-0.3, -0.25) is 4.79 Å². The van der Waals surface area contributed by atoms with Crippen LogP contribution in [0.25, 0.3) is 0 Å². The first-order chi connectivity index (χ1) is 7.11. The molecular formula is C11H18N2O2. The maximum atomic E-state index is 11.9. The normalized spacial score (nSPS) is 13.1. The number of carbonyl (C=O) groups excluding carboxylic acids is 1. The number of nitrogens with zero attached hydrogens (tertiary/aromatic N) is 2.